The van der Waals surface area contributed by atoms with Crippen molar-refractivity contribution in [1.82, 2.24) is 4.90 Å². The first-order valence-corrected chi connectivity index (χ1v) is 8.64. The topological polar surface area (TPSA) is 55.8 Å². The Balaban J connectivity index is 1.99. The largest absolute Gasteiger partial charge is 0.497 e. The maximum absolute atomic E-state index is 12.7. The highest BCUT2D eigenvalue weighted by molar-refractivity contribution is 5.79. The summed E-state index contributed by atoms with van der Waals surface area (Å²) in [5.41, 5.74) is 2.08. The summed E-state index contributed by atoms with van der Waals surface area (Å²) < 4.78 is 9.86. The van der Waals surface area contributed by atoms with E-state index in [1.807, 2.05) is 54.6 Å². The van der Waals surface area contributed by atoms with Crippen LogP contribution in [0.5, 0.6) is 5.75 Å². The lowest BCUT2D eigenvalue weighted by Crippen LogP contribution is -2.36. The van der Waals surface area contributed by atoms with E-state index < -0.39 is 0 Å². The Kier molecular flexibility index (Phi) is 7.68. The predicted molar refractivity (Wildman–Crippen MR) is 100 cm³/mol. The first-order chi connectivity index (χ1) is 12.6. The number of carbonyl (C=O) groups is 2. The Morgan fingerprint density at radius 1 is 0.885 bits per heavy atom. The van der Waals surface area contributed by atoms with Gasteiger partial charge in [-0.25, -0.2) is 0 Å². The first kappa shape index (κ1) is 19.5. The molecule has 0 bridgehead atoms. The van der Waals surface area contributed by atoms with Gasteiger partial charge in [-0.15, -0.1) is 0 Å². The molecule has 0 aliphatic rings. The maximum atomic E-state index is 12.7. The lowest BCUT2D eigenvalue weighted by atomic mass is 10.1. The molecule has 0 spiro atoms. The molecular formula is C21H25NO4. The zero-order valence-electron chi connectivity index (χ0n) is 15.3. The van der Waals surface area contributed by atoms with Crippen molar-refractivity contribution in [1.29, 1.82) is 0 Å². The quantitative estimate of drug-likeness (QED) is 0.649. The molecule has 0 unspecified atom stereocenters. The Morgan fingerprint density at radius 2 is 1.58 bits per heavy atom. The van der Waals surface area contributed by atoms with Gasteiger partial charge in [-0.05, 0) is 29.7 Å². The fourth-order valence-electron chi connectivity index (χ4n) is 2.63. The molecule has 2 rings (SSSR count). The Labute approximate surface area is 154 Å². The fourth-order valence-corrected chi connectivity index (χ4v) is 2.63. The highest BCUT2D eigenvalue weighted by atomic mass is 16.5. The molecule has 5 nitrogen and oxygen atoms in total. The van der Waals surface area contributed by atoms with Gasteiger partial charge in [-0.2, -0.15) is 0 Å². The van der Waals surface area contributed by atoms with Crippen LogP contribution in [0.1, 0.15) is 17.5 Å². The van der Waals surface area contributed by atoms with Gasteiger partial charge in [-0.3, -0.25) is 9.59 Å². The Morgan fingerprint density at radius 3 is 2.19 bits per heavy atom. The summed E-state index contributed by atoms with van der Waals surface area (Å²) in [4.78, 5) is 25.9. The fraction of sp³-hybridized carbons (Fsp3) is 0.333. The molecule has 0 aromatic heterocycles. The summed E-state index contributed by atoms with van der Waals surface area (Å²) in [6.45, 7) is 0.906. The van der Waals surface area contributed by atoms with Crippen LogP contribution in [-0.4, -0.2) is 44.1 Å². The predicted octanol–water partition coefficient (Wildman–Crippen LogP) is 2.87. The van der Waals surface area contributed by atoms with Crippen molar-refractivity contribution in [2.75, 3.05) is 27.3 Å². The molecule has 2 aromatic rings. The minimum absolute atomic E-state index is 0.00798. The molecule has 0 heterocycles. The van der Waals surface area contributed by atoms with Crippen molar-refractivity contribution in [2.45, 2.75) is 19.3 Å². The number of benzene rings is 2. The molecule has 0 atom stereocenters. The van der Waals surface area contributed by atoms with Crippen molar-refractivity contribution in [3.8, 4) is 5.75 Å². The van der Waals surface area contributed by atoms with Gasteiger partial charge in [0.05, 0.1) is 27.1 Å². The van der Waals surface area contributed by atoms with Crippen LogP contribution in [-0.2, 0) is 27.2 Å². The van der Waals surface area contributed by atoms with Crippen LogP contribution in [0.2, 0.25) is 0 Å². The van der Waals surface area contributed by atoms with Crippen LogP contribution in [0.4, 0.5) is 0 Å². The van der Waals surface area contributed by atoms with Gasteiger partial charge in [-0.1, -0.05) is 42.5 Å². The first-order valence-electron chi connectivity index (χ1n) is 8.64. The molecule has 26 heavy (non-hydrogen) atoms. The van der Waals surface area contributed by atoms with Gasteiger partial charge < -0.3 is 14.4 Å². The number of hydrogen-bond acceptors (Lipinski definition) is 4. The van der Waals surface area contributed by atoms with Gasteiger partial charge in [0.2, 0.25) is 5.91 Å². The molecule has 0 saturated carbocycles. The number of hydrogen-bond donors (Lipinski definition) is 0. The minimum atomic E-state index is -0.313. The standard InChI is InChI=1S/C21H25NO4/c1-25-19-10-8-17(9-11-19)12-14-22(15-13-21(24)26-2)20(23)16-18-6-4-3-5-7-18/h3-11H,12-16H2,1-2H3. The molecule has 1 amide bonds. The highest BCUT2D eigenvalue weighted by Crippen LogP contribution is 2.13. The number of nitrogens with zero attached hydrogens (tertiary/aromatic N) is 1. The number of methoxy groups -OCH3 is 2. The minimum Gasteiger partial charge on any atom is -0.497 e. The summed E-state index contributed by atoms with van der Waals surface area (Å²) in [6, 6.07) is 17.4. The number of esters is 1. The van der Waals surface area contributed by atoms with Gasteiger partial charge in [0.1, 0.15) is 5.75 Å². The number of amides is 1. The average molecular weight is 355 g/mol. The summed E-state index contributed by atoms with van der Waals surface area (Å²) in [6.07, 6.45) is 1.23. The molecular weight excluding hydrogens is 330 g/mol. The summed E-state index contributed by atoms with van der Waals surface area (Å²) in [7, 11) is 2.99. The molecule has 5 heteroatoms. The second-order valence-corrected chi connectivity index (χ2v) is 5.97. The van der Waals surface area contributed by atoms with Crippen molar-refractivity contribution in [3.63, 3.8) is 0 Å². The molecule has 0 saturated heterocycles. The summed E-state index contributed by atoms with van der Waals surface area (Å²) >= 11 is 0. The smallest absolute Gasteiger partial charge is 0.307 e. The van der Waals surface area contributed by atoms with Crippen LogP contribution in [0.15, 0.2) is 54.6 Å². The number of rotatable bonds is 9. The third kappa shape index (κ3) is 6.24. The van der Waals surface area contributed by atoms with Crippen LogP contribution in [0.25, 0.3) is 0 Å². The number of carbonyl (C=O) groups excluding carboxylic acids is 2. The van der Waals surface area contributed by atoms with Crippen molar-refractivity contribution in [3.05, 3.63) is 65.7 Å². The van der Waals surface area contributed by atoms with Crippen LogP contribution in [0, 0.1) is 0 Å². The third-order valence-corrected chi connectivity index (χ3v) is 4.19. The van der Waals surface area contributed by atoms with Crippen LogP contribution >= 0.6 is 0 Å². The van der Waals surface area contributed by atoms with Crippen LogP contribution < -0.4 is 4.74 Å². The van der Waals surface area contributed by atoms with Crippen LogP contribution in [0.3, 0.4) is 0 Å². The third-order valence-electron chi connectivity index (χ3n) is 4.19. The molecule has 0 radical (unpaired) electrons. The normalized spacial score (nSPS) is 10.2. The van der Waals surface area contributed by atoms with E-state index in [1.165, 1.54) is 7.11 Å². The van der Waals surface area contributed by atoms with E-state index in [2.05, 4.69) is 0 Å². The van der Waals surface area contributed by atoms with Gasteiger partial charge in [0, 0.05) is 13.1 Å². The molecule has 0 fully saturated rings. The summed E-state index contributed by atoms with van der Waals surface area (Å²) in [5.74, 6) is 0.497. The van der Waals surface area contributed by atoms with Gasteiger partial charge >= 0.3 is 5.97 Å². The van der Waals surface area contributed by atoms with Crippen molar-refractivity contribution < 1.29 is 19.1 Å². The lowest BCUT2D eigenvalue weighted by molar-refractivity contribution is -0.141. The molecule has 0 aliphatic carbocycles. The van der Waals surface area contributed by atoms with E-state index in [9.17, 15) is 9.59 Å². The van der Waals surface area contributed by atoms with E-state index in [0.717, 1.165) is 16.9 Å². The SMILES string of the molecule is COC(=O)CCN(CCc1ccc(OC)cc1)C(=O)Cc1ccccc1. The van der Waals surface area contributed by atoms with Gasteiger partial charge in [0.25, 0.3) is 0 Å². The Bertz CT molecular complexity index is 698. The molecule has 0 N–H and O–H groups in total. The monoisotopic (exact) mass is 355 g/mol. The maximum Gasteiger partial charge on any atom is 0.307 e. The molecule has 0 aliphatic heterocycles. The second-order valence-electron chi connectivity index (χ2n) is 5.97. The highest BCUT2D eigenvalue weighted by Gasteiger charge is 2.16. The van der Waals surface area contributed by atoms with E-state index in [0.29, 0.717) is 25.9 Å². The van der Waals surface area contributed by atoms with E-state index in [4.69, 9.17) is 9.47 Å². The zero-order valence-corrected chi connectivity index (χ0v) is 15.3. The summed E-state index contributed by atoms with van der Waals surface area (Å²) in [5, 5.41) is 0. The average Bonchev–Trinajstić information content (AvgIpc) is 2.68. The molecule has 2 aromatic carbocycles. The van der Waals surface area contributed by atoms with E-state index in [1.54, 1.807) is 12.0 Å². The van der Waals surface area contributed by atoms with E-state index >= 15 is 0 Å². The Hall–Kier alpha value is -2.82. The lowest BCUT2D eigenvalue weighted by Gasteiger charge is -2.22. The van der Waals surface area contributed by atoms with E-state index in [-0.39, 0.29) is 18.3 Å². The number of ether oxygens (including phenoxy) is 2. The molecule has 138 valence electrons. The van der Waals surface area contributed by atoms with Crippen molar-refractivity contribution >= 4 is 11.9 Å². The second kappa shape index (κ2) is 10.2. The zero-order chi connectivity index (χ0) is 18.8. The van der Waals surface area contributed by atoms with Gasteiger partial charge in [0.15, 0.2) is 0 Å². The van der Waals surface area contributed by atoms with Crippen molar-refractivity contribution in [2.24, 2.45) is 0 Å².